The fourth-order valence-electron chi connectivity index (χ4n) is 2.45. The molecule has 2 heterocycles. The summed E-state index contributed by atoms with van der Waals surface area (Å²) in [6.45, 7) is 2.69. The van der Waals surface area contributed by atoms with E-state index in [1.807, 2.05) is 6.92 Å². The van der Waals surface area contributed by atoms with Crippen molar-refractivity contribution in [3.63, 3.8) is 0 Å². The van der Waals surface area contributed by atoms with Crippen molar-refractivity contribution in [3.05, 3.63) is 18.0 Å². The summed E-state index contributed by atoms with van der Waals surface area (Å²) in [5, 5.41) is 18.4. The zero-order valence-electron chi connectivity index (χ0n) is 10.8. The van der Waals surface area contributed by atoms with Gasteiger partial charge in [0, 0.05) is 24.8 Å². The molecule has 7 heteroatoms. The summed E-state index contributed by atoms with van der Waals surface area (Å²) < 4.78 is 0. The maximum absolute atomic E-state index is 12.1. The van der Waals surface area contributed by atoms with Gasteiger partial charge in [-0.2, -0.15) is 5.10 Å². The topological polar surface area (TPSA) is 98.3 Å². The Labute approximate surface area is 111 Å². The highest BCUT2D eigenvalue weighted by Gasteiger charge is 2.36. The molecular weight excluding hydrogens is 248 g/mol. The number of carboxylic acids is 1. The number of piperidine rings is 1. The number of hydrogen-bond acceptors (Lipinski definition) is 3. The molecule has 0 radical (unpaired) electrons. The maximum Gasteiger partial charge on any atom is 0.326 e. The number of aromatic amines is 1. The standard InChI is InChI=1S/C12H18N4O3/c1-8-3-2-4-16(10(8)11(17)18)12(19)13-5-9-6-14-15-7-9/h6-8,10H,2-5H2,1H3,(H,13,19)(H,14,15)(H,17,18). The predicted octanol–water partition coefficient (Wildman–Crippen LogP) is 0.804. The Balaban J connectivity index is 1.97. The quantitative estimate of drug-likeness (QED) is 0.753. The monoisotopic (exact) mass is 266 g/mol. The third-order valence-corrected chi connectivity index (χ3v) is 3.45. The van der Waals surface area contributed by atoms with Gasteiger partial charge >= 0.3 is 12.0 Å². The average Bonchev–Trinajstić information content (AvgIpc) is 2.88. The van der Waals surface area contributed by atoms with E-state index >= 15 is 0 Å². The number of carbonyl (C=O) groups is 2. The highest BCUT2D eigenvalue weighted by Crippen LogP contribution is 2.23. The molecule has 1 fully saturated rings. The van der Waals surface area contributed by atoms with Gasteiger partial charge in [-0.25, -0.2) is 9.59 Å². The molecule has 0 spiro atoms. The normalized spacial score (nSPS) is 23.1. The van der Waals surface area contributed by atoms with Gasteiger partial charge in [0.1, 0.15) is 6.04 Å². The zero-order chi connectivity index (χ0) is 13.8. The van der Waals surface area contributed by atoms with Crippen LogP contribution >= 0.6 is 0 Å². The van der Waals surface area contributed by atoms with E-state index in [4.69, 9.17) is 0 Å². The average molecular weight is 266 g/mol. The van der Waals surface area contributed by atoms with E-state index in [-0.39, 0.29) is 11.9 Å². The SMILES string of the molecule is CC1CCCN(C(=O)NCc2cn[nH]c2)C1C(=O)O. The minimum atomic E-state index is -0.939. The second-order valence-corrected chi connectivity index (χ2v) is 4.86. The fourth-order valence-corrected chi connectivity index (χ4v) is 2.45. The van der Waals surface area contributed by atoms with Crippen molar-refractivity contribution in [3.8, 4) is 0 Å². The van der Waals surface area contributed by atoms with Crippen molar-refractivity contribution in [2.45, 2.75) is 32.4 Å². The number of carbonyl (C=O) groups excluding carboxylic acids is 1. The number of carboxylic acid groups (broad SMARTS) is 1. The van der Waals surface area contributed by atoms with E-state index in [2.05, 4.69) is 15.5 Å². The number of H-pyrrole nitrogens is 1. The lowest BCUT2D eigenvalue weighted by atomic mass is 9.91. The van der Waals surface area contributed by atoms with Gasteiger partial charge in [-0.05, 0) is 18.8 Å². The smallest absolute Gasteiger partial charge is 0.326 e. The molecule has 1 aliphatic heterocycles. The van der Waals surface area contributed by atoms with E-state index in [9.17, 15) is 14.7 Å². The highest BCUT2D eigenvalue weighted by atomic mass is 16.4. The van der Waals surface area contributed by atoms with Crippen molar-refractivity contribution in [1.82, 2.24) is 20.4 Å². The van der Waals surface area contributed by atoms with E-state index in [0.717, 1.165) is 18.4 Å². The summed E-state index contributed by atoms with van der Waals surface area (Å²) >= 11 is 0. The predicted molar refractivity (Wildman–Crippen MR) is 67.4 cm³/mol. The van der Waals surface area contributed by atoms with Crippen LogP contribution in [0, 0.1) is 5.92 Å². The van der Waals surface area contributed by atoms with Gasteiger partial charge in [-0.15, -0.1) is 0 Å². The summed E-state index contributed by atoms with van der Waals surface area (Å²) in [4.78, 5) is 24.8. The first kappa shape index (κ1) is 13.4. The number of amides is 2. The van der Waals surface area contributed by atoms with Crippen molar-refractivity contribution in [1.29, 1.82) is 0 Å². The molecule has 19 heavy (non-hydrogen) atoms. The van der Waals surface area contributed by atoms with E-state index in [1.165, 1.54) is 4.90 Å². The first-order valence-corrected chi connectivity index (χ1v) is 6.34. The van der Waals surface area contributed by atoms with Gasteiger partial charge < -0.3 is 15.3 Å². The number of rotatable bonds is 3. The lowest BCUT2D eigenvalue weighted by Crippen LogP contribution is -2.54. The highest BCUT2D eigenvalue weighted by molar-refractivity contribution is 5.83. The summed E-state index contributed by atoms with van der Waals surface area (Å²) in [6.07, 6.45) is 4.98. The van der Waals surface area contributed by atoms with Gasteiger partial charge in [0.25, 0.3) is 0 Å². The minimum absolute atomic E-state index is 0.0223. The molecule has 2 rings (SSSR count). The lowest BCUT2D eigenvalue weighted by Gasteiger charge is -2.37. The van der Waals surface area contributed by atoms with Crippen LogP contribution in [-0.2, 0) is 11.3 Å². The number of likely N-dealkylation sites (tertiary alicyclic amines) is 1. The van der Waals surface area contributed by atoms with Gasteiger partial charge in [-0.3, -0.25) is 5.10 Å². The van der Waals surface area contributed by atoms with E-state index in [1.54, 1.807) is 12.4 Å². The second kappa shape index (κ2) is 5.73. The molecule has 3 N–H and O–H groups in total. The van der Waals surface area contributed by atoms with Crippen molar-refractivity contribution in [2.75, 3.05) is 6.54 Å². The molecule has 0 bridgehead atoms. The summed E-state index contributed by atoms with van der Waals surface area (Å²) in [5.74, 6) is -0.961. The third kappa shape index (κ3) is 3.04. The molecule has 1 aromatic heterocycles. The molecule has 0 aliphatic carbocycles. The number of nitrogens with one attached hydrogen (secondary N) is 2. The summed E-state index contributed by atoms with van der Waals surface area (Å²) in [6, 6.07) is -1.07. The van der Waals surface area contributed by atoms with Crippen LogP contribution in [0.25, 0.3) is 0 Å². The van der Waals surface area contributed by atoms with Crippen LogP contribution in [0.5, 0.6) is 0 Å². The molecule has 7 nitrogen and oxygen atoms in total. The summed E-state index contributed by atoms with van der Waals surface area (Å²) in [5.41, 5.74) is 0.852. The third-order valence-electron chi connectivity index (χ3n) is 3.45. The number of nitrogens with zero attached hydrogens (tertiary/aromatic N) is 2. The fraction of sp³-hybridized carbons (Fsp3) is 0.583. The van der Waals surface area contributed by atoms with Crippen molar-refractivity contribution < 1.29 is 14.7 Å². The largest absolute Gasteiger partial charge is 0.480 e. The molecule has 0 saturated carbocycles. The Hall–Kier alpha value is -2.05. The molecule has 1 aliphatic rings. The van der Waals surface area contributed by atoms with Crippen LogP contribution in [0.15, 0.2) is 12.4 Å². The minimum Gasteiger partial charge on any atom is -0.480 e. The second-order valence-electron chi connectivity index (χ2n) is 4.86. The van der Waals surface area contributed by atoms with Crippen LogP contribution in [0.2, 0.25) is 0 Å². The van der Waals surface area contributed by atoms with Gasteiger partial charge in [-0.1, -0.05) is 6.92 Å². The Bertz CT molecular complexity index is 446. The Kier molecular flexibility index (Phi) is 4.03. The van der Waals surface area contributed by atoms with Crippen LogP contribution in [0.3, 0.4) is 0 Å². The number of aromatic nitrogens is 2. The number of hydrogen-bond donors (Lipinski definition) is 3. The van der Waals surface area contributed by atoms with Gasteiger partial charge in [0.15, 0.2) is 0 Å². The molecule has 1 aromatic rings. The molecule has 104 valence electrons. The van der Waals surface area contributed by atoms with Gasteiger partial charge in [0.2, 0.25) is 0 Å². The molecule has 1 saturated heterocycles. The first-order valence-electron chi connectivity index (χ1n) is 6.34. The Morgan fingerprint density at radius 2 is 2.42 bits per heavy atom. The van der Waals surface area contributed by atoms with Crippen molar-refractivity contribution in [2.24, 2.45) is 5.92 Å². The zero-order valence-corrected chi connectivity index (χ0v) is 10.8. The molecule has 2 atom stereocenters. The van der Waals surface area contributed by atoms with Crippen LogP contribution in [0.4, 0.5) is 4.79 Å². The maximum atomic E-state index is 12.1. The Morgan fingerprint density at radius 1 is 1.63 bits per heavy atom. The molecule has 0 aromatic carbocycles. The van der Waals surface area contributed by atoms with Gasteiger partial charge in [0.05, 0.1) is 6.20 Å². The summed E-state index contributed by atoms with van der Waals surface area (Å²) in [7, 11) is 0. The van der Waals surface area contributed by atoms with Crippen molar-refractivity contribution >= 4 is 12.0 Å². The Morgan fingerprint density at radius 3 is 3.05 bits per heavy atom. The van der Waals surface area contributed by atoms with Crippen LogP contribution in [0.1, 0.15) is 25.3 Å². The molecule has 2 amide bonds. The van der Waals surface area contributed by atoms with E-state index < -0.39 is 12.0 Å². The lowest BCUT2D eigenvalue weighted by molar-refractivity contribution is -0.145. The first-order chi connectivity index (χ1) is 9.09. The number of aliphatic carboxylic acids is 1. The van der Waals surface area contributed by atoms with E-state index in [0.29, 0.717) is 13.1 Å². The molecule has 2 unspecified atom stereocenters. The van der Waals surface area contributed by atoms with Crippen LogP contribution in [-0.4, -0.2) is 44.8 Å². The van der Waals surface area contributed by atoms with Crippen LogP contribution < -0.4 is 5.32 Å². The number of urea groups is 1. The molecular formula is C12H18N4O3.